The fourth-order valence-electron chi connectivity index (χ4n) is 1.47. The molecule has 2 aromatic heterocycles. The highest BCUT2D eigenvalue weighted by Gasteiger charge is 2.22. The van der Waals surface area contributed by atoms with E-state index in [4.69, 9.17) is 4.42 Å². The zero-order valence-electron chi connectivity index (χ0n) is 9.45. The van der Waals surface area contributed by atoms with Gasteiger partial charge in [0.1, 0.15) is 10.4 Å². The van der Waals surface area contributed by atoms with Crippen LogP contribution in [0.4, 0.5) is 0 Å². The summed E-state index contributed by atoms with van der Waals surface area (Å²) < 4.78 is 30.5. The van der Waals surface area contributed by atoms with Crippen LogP contribution in [-0.4, -0.2) is 17.4 Å². The van der Waals surface area contributed by atoms with Gasteiger partial charge in [0.15, 0.2) is 0 Å². The number of hydrogen-bond donors (Lipinski definition) is 0. The first kappa shape index (κ1) is 13.8. The molecule has 2 aromatic rings. The van der Waals surface area contributed by atoms with Gasteiger partial charge in [-0.1, -0.05) is 22.0 Å². The van der Waals surface area contributed by atoms with Gasteiger partial charge in [-0.25, -0.2) is 8.42 Å². The van der Waals surface area contributed by atoms with Crippen molar-refractivity contribution in [3.8, 4) is 0 Å². The molecule has 0 N–H and O–H groups in total. The van der Waals surface area contributed by atoms with Crippen molar-refractivity contribution in [2.24, 2.45) is 0 Å². The molecule has 0 saturated carbocycles. The predicted octanol–water partition coefficient (Wildman–Crippen LogP) is 3.03. The molecule has 0 fully saturated rings. The number of hydrogen-bond acceptors (Lipinski definition) is 4. The average molecular weight is 350 g/mol. The second-order valence-electron chi connectivity index (χ2n) is 3.65. The second kappa shape index (κ2) is 6.01. The Morgan fingerprint density at radius 3 is 2.67 bits per heavy atom. The summed E-state index contributed by atoms with van der Waals surface area (Å²) in [6.07, 6.45) is 1.54. The van der Waals surface area contributed by atoms with Gasteiger partial charge in [-0.15, -0.1) is 11.3 Å². The molecule has 0 bridgehead atoms. The molecule has 0 amide bonds. The van der Waals surface area contributed by atoms with Gasteiger partial charge in [-0.05, 0) is 23.6 Å². The van der Waals surface area contributed by atoms with E-state index in [9.17, 15) is 8.42 Å². The molecule has 0 atom stereocenters. The van der Waals surface area contributed by atoms with Gasteiger partial charge < -0.3 is 4.42 Å². The summed E-state index contributed by atoms with van der Waals surface area (Å²) in [7, 11) is -3.32. The lowest BCUT2D eigenvalue weighted by Gasteiger charge is -2.19. The fourth-order valence-corrected chi connectivity index (χ4v) is 3.94. The minimum atomic E-state index is -3.32. The lowest BCUT2D eigenvalue weighted by molar-refractivity contribution is 0.363. The van der Waals surface area contributed by atoms with E-state index in [2.05, 4.69) is 15.9 Å². The van der Waals surface area contributed by atoms with Crippen LogP contribution in [0.5, 0.6) is 0 Å². The summed E-state index contributed by atoms with van der Waals surface area (Å²) in [6, 6.07) is 7.35. The lowest BCUT2D eigenvalue weighted by atomic mass is 10.4. The van der Waals surface area contributed by atoms with Gasteiger partial charge in [0.25, 0.3) is 0 Å². The summed E-state index contributed by atoms with van der Waals surface area (Å²) in [6.45, 7) is 0.616. The molecule has 0 unspecified atom stereocenters. The first-order valence-electron chi connectivity index (χ1n) is 5.20. The topological polar surface area (TPSA) is 50.5 Å². The van der Waals surface area contributed by atoms with E-state index in [1.165, 1.54) is 15.6 Å². The Morgan fingerprint density at radius 1 is 1.28 bits per heavy atom. The number of halogens is 1. The Balaban J connectivity index is 2.18. The fraction of sp³-hybridized carbons (Fsp3) is 0.273. The Morgan fingerprint density at radius 2 is 2.11 bits per heavy atom. The van der Waals surface area contributed by atoms with Gasteiger partial charge in [0.05, 0.1) is 12.8 Å². The molecule has 0 saturated heterocycles. The SMILES string of the molecule is O=S(=O)(CBr)N(Cc1ccco1)Cc1cccs1. The van der Waals surface area contributed by atoms with Crippen LogP contribution in [0.2, 0.25) is 0 Å². The minimum absolute atomic E-state index is 0.0912. The van der Waals surface area contributed by atoms with Crippen LogP contribution < -0.4 is 0 Å². The second-order valence-corrected chi connectivity index (χ2v) is 7.95. The summed E-state index contributed by atoms with van der Waals surface area (Å²) in [5.41, 5.74) is 0. The molecule has 2 heterocycles. The highest BCUT2D eigenvalue weighted by molar-refractivity contribution is 9.10. The van der Waals surface area contributed by atoms with Gasteiger partial charge in [0.2, 0.25) is 10.0 Å². The van der Waals surface area contributed by atoms with Crippen molar-refractivity contribution in [1.82, 2.24) is 4.31 Å². The quantitative estimate of drug-likeness (QED) is 0.753. The van der Waals surface area contributed by atoms with E-state index in [1.807, 2.05) is 17.5 Å². The standard InChI is InChI=1S/C11H12BrNO3S2/c12-9-18(14,15)13(7-10-3-1-5-16-10)8-11-4-2-6-17-11/h1-6H,7-9H2. The Labute approximate surface area is 118 Å². The first-order chi connectivity index (χ1) is 8.62. The molecule has 7 heteroatoms. The molecule has 18 heavy (non-hydrogen) atoms. The van der Waals surface area contributed by atoms with E-state index in [-0.39, 0.29) is 11.2 Å². The van der Waals surface area contributed by atoms with Gasteiger partial charge >= 0.3 is 0 Å². The van der Waals surface area contributed by atoms with Crippen LogP contribution in [-0.2, 0) is 23.1 Å². The van der Waals surface area contributed by atoms with Gasteiger partial charge in [-0.3, -0.25) is 0 Å². The van der Waals surface area contributed by atoms with Crippen molar-refractivity contribution >= 4 is 37.3 Å². The molecule has 0 radical (unpaired) electrons. The van der Waals surface area contributed by atoms with E-state index >= 15 is 0 Å². The van der Waals surface area contributed by atoms with Crippen LogP contribution in [0.3, 0.4) is 0 Å². The average Bonchev–Trinajstić information content (AvgIpc) is 3.01. The van der Waals surface area contributed by atoms with Crippen LogP contribution in [0.1, 0.15) is 10.6 Å². The van der Waals surface area contributed by atoms with E-state index in [1.54, 1.807) is 18.4 Å². The van der Waals surface area contributed by atoms with Crippen LogP contribution in [0.15, 0.2) is 40.3 Å². The Kier molecular flexibility index (Phi) is 4.60. The molecule has 0 spiro atoms. The number of thiophene rings is 1. The smallest absolute Gasteiger partial charge is 0.224 e. The Hall–Kier alpha value is -0.630. The van der Waals surface area contributed by atoms with Crippen LogP contribution >= 0.6 is 27.3 Å². The maximum absolute atomic E-state index is 12.0. The first-order valence-corrected chi connectivity index (χ1v) is 8.81. The van der Waals surface area contributed by atoms with Crippen molar-refractivity contribution in [2.75, 3.05) is 4.66 Å². The van der Waals surface area contributed by atoms with Crippen LogP contribution in [0.25, 0.3) is 0 Å². The number of nitrogens with zero attached hydrogens (tertiary/aromatic N) is 1. The third-order valence-electron chi connectivity index (χ3n) is 2.36. The Bertz CT molecular complexity index is 527. The normalized spacial score (nSPS) is 12.1. The van der Waals surface area contributed by atoms with Crippen molar-refractivity contribution in [1.29, 1.82) is 0 Å². The van der Waals surface area contributed by atoms with Gasteiger partial charge in [-0.2, -0.15) is 4.31 Å². The summed E-state index contributed by atoms with van der Waals surface area (Å²) >= 11 is 4.56. The predicted molar refractivity (Wildman–Crippen MR) is 75.0 cm³/mol. The minimum Gasteiger partial charge on any atom is -0.468 e. The van der Waals surface area contributed by atoms with Crippen molar-refractivity contribution in [3.05, 3.63) is 46.5 Å². The summed E-state index contributed by atoms with van der Waals surface area (Å²) in [5, 5.41) is 1.93. The maximum Gasteiger partial charge on any atom is 0.224 e. The molecular weight excluding hydrogens is 338 g/mol. The van der Waals surface area contributed by atoms with E-state index < -0.39 is 10.0 Å². The highest BCUT2D eigenvalue weighted by Crippen LogP contribution is 2.18. The third kappa shape index (κ3) is 3.44. The number of furan rings is 1. The molecule has 98 valence electrons. The molecule has 4 nitrogen and oxygen atoms in total. The lowest BCUT2D eigenvalue weighted by Crippen LogP contribution is -2.30. The van der Waals surface area contributed by atoms with Crippen molar-refractivity contribution in [3.63, 3.8) is 0 Å². The monoisotopic (exact) mass is 349 g/mol. The van der Waals surface area contributed by atoms with Gasteiger partial charge in [0, 0.05) is 11.4 Å². The molecule has 0 aliphatic heterocycles. The maximum atomic E-state index is 12.0. The summed E-state index contributed by atoms with van der Waals surface area (Å²) in [4.78, 5) is 1.01. The molecular formula is C11H12BrNO3S2. The zero-order valence-corrected chi connectivity index (χ0v) is 12.7. The third-order valence-corrected chi connectivity index (χ3v) is 6.27. The molecule has 0 aliphatic carbocycles. The highest BCUT2D eigenvalue weighted by atomic mass is 79.9. The number of sulfonamides is 1. The van der Waals surface area contributed by atoms with Crippen LogP contribution in [0, 0.1) is 0 Å². The van der Waals surface area contributed by atoms with Crippen molar-refractivity contribution in [2.45, 2.75) is 13.1 Å². The van der Waals surface area contributed by atoms with E-state index in [0.717, 1.165) is 4.88 Å². The van der Waals surface area contributed by atoms with E-state index in [0.29, 0.717) is 12.3 Å². The van der Waals surface area contributed by atoms with Crippen molar-refractivity contribution < 1.29 is 12.8 Å². The largest absolute Gasteiger partial charge is 0.468 e. The summed E-state index contributed by atoms with van der Waals surface area (Å²) in [5.74, 6) is 0.635. The molecule has 0 aromatic carbocycles. The molecule has 2 rings (SSSR count). The zero-order chi connectivity index (χ0) is 13.0. The number of rotatable bonds is 6. The molecule has 0 aliphatic rings. The number of alkyl halides is 1.